The number of carbonyl (C=O) groups excluding carboxylic acids is 1. The van der Waals surface area contributed by atoms with Crippen LogP contribution in [0.25, 0.3) is 0 Å². The summed E-state index contributed by atoms with van der Waals surface area (Å²) in [5, 5.41) is 3.32. The summed E-state index contributed by atoms with van der Waals surface area (Å²) >= 11 is 0. The summed E-state index contributed by atoms with van der Waals surface area (Å²) in [5.74, 6) is -0.267. The van der Waals surface area contributed by atoms with E-state index < -0.39 is 11.1 Å². The molecular weight excluding hydrogens is 266 g/mol. The molecular formula is C17H27NO3. The standard InChI is InChI=1S/C17H27NO3/c1-7-21-15(19)17(5,12-16(3,4)20-6)18-14-10-8-9-13(2)11-14/h8-11,18H,7,12H2,1-6H3. The third kappa shape index (κ3) is 5.05. The zero-order valence-electron chi connectivity index (χ0n) is 13.9. The maximum absolute atomic E-state index is 12.4. The lowest BCUT2D eigenvalue weighted by Gasteiger charge is -2.36. The molecule has 0 fully saturated rings. The van der Waals surface area contributed by atoms with E-state index in [2.05, 4.69) is 5.32 Å². The van der Waals surface area contributed by atoms with E-state index in [1.807, 2.05) is 58.9 Å². The van der Waals surface area contributed by atoms with E-state index in [9.17, 15) is 4.79 Å². The molecule has 4 heteroatoms. The van der Waals surface area contributed by atoms with Gasteiger partial charge in [0.15, 0.2) is 0 Å². The Morgan fingerprint density at radius 1 is 1.29 bits per heavy atom. The highest BCUT2D eigenvalue weighted by atomic mass is 16.5. The Balaban J connectivity index is 3.04. The van der Waals surface area contributed by atoms with Crippen molar-refractivity contribution in [2.75, 3.05) is 19.0 Å². The first-order valence-electron chi connectivity index (χ1n) is 7.29. The molecule has 0 heterocycles. The smallest absolute Gasteiger partial charge is 0.331 e. The second-order valence-electron chi connectivity index (χ2n) is 6.19. The minimum Gasteiger partial charge on any atom is -0.464 e. The number of rotatable bonds is 7. The van der Waals surface area contributed by atoms with Crippen LogP contribution in [0.1, 0.15) is 39.7 Å². The SMILES string of the molecule is CCOC(=O)C(C)(CC(C)(C)OC)Nc1cccc(C)c1. The Kier molecular flexibility index (Phi) is 5.78. The number of anilines is 1. The fourth-order valence-electron chi connectivity index (χ4n) is 2.42. The monoisotopic (exact) mass is 293 g/mol. The van der Waals surface area contributed by atoms with Gasteiger partial charge in [0.05, 0.1) is 12.2 Å². The largest absolute Gasteiger partial charge is 0.464 e. The van der Waals surface area contributed by atoms with Crippen LogP contribution >= 0.6 is 0 Å². The minimum atomic E-state index is -0.844. The first kappa shape index (κ1) is 17.5. The molecule has 0 bridgehead atoms. The molecule has 21 heavy (non-hydrogen) atoms. The van der Waals surface area contributed by atoms with Gasteiger partial charge in [0.1, 0.15) is 5.54 Å². The molecule has 0 aliphatic carbocycles. The number of aryl methyl sites for hydroxylation is 1. The lowest BCUT2D eigenvalue weighted by atomic mass is 9.87. The molecule has 1 N–H and O–H groups in total. The van der Waals surface area contributed by atoms with Crippen LogP contribution in [0.4, 0.5) is 5.69 Å². The van der Waals surface area contributed by atoms with Crippen LogP contribution in [0, 0.1) is 6.92 Å². The highest BCUT2D eigenvalue weighted by molar-refractivity contribution is 5.84. The van der Waals surface area contributed by atoms with Crippen LogP contribution in [0.5, 0.6) is 0 Å². The molecule has 4 nitrogen and oxygen atoms in total. The number of benzene rings is 1. The van der Waals surface area contributed by atoms with E-state index in [4.69, 9.17) is 9.47 Å². The topological polar surface area (TPSA) is 47.6 Å². The molecule has 0 aliphatic rings. The van der Waals surface area contributed by atoms with E-state index >= 15 is 0 Å². The molecule has 118 valence electrons. The van der Waals surface area contributed by atoms with Gasteiger partial charge >= 0.3 is 5.97 Å². The van der Waals surface area contributed by atoms with Gasteiger partial charge in [-0.2, -0.15) is 0 Å². The number of ether oxygens (including phenoxy) is 2. The predicted molar refractivity (Wildman–Crippen MR) is 85.5 cm³/mol. The molecule has 1 aromatic carbocycles. The third-order valence-electron chi connectivity index (χ3n) is 3.50. The van der Waals surface area contributed by atoms with Gasteiger partial charge in [-0.15, -0.1) is 0 Å². The fourth-order valence-corrected chi connectivity index (χ4v) is 2.42. The van der Waals surface area contributed by atoms with Gasteiger partial charge < -0.3 is 14.8 Å². The second-order valence-corrected chi connectivity index (χ2v) is 6.19. The molecule has 0 spiro atoms. The minimum absolute atomic E-state index is 0.267. The number of carbonyl (C=O) groups is 1. The predicted octanol–water partition coefficient (Wildman–Crippen LogP) is 3.54. The lowest BCUT2D eigenvalue weighted by Crippen LogP contribution is -2.50. The van der Waals surface area contributed by atoms with Crippen LogP contribution in [-0.4, -0.2) is 30.8 Å². The summed E-state index contributed by atoms with van der Waals surface area (Å²) in [7, 11) is 1.65. The van der Waals surface area contributed by atoms with Crippen molar-refractivity contribution in [3.63, 3.8) is 0 Å². The average molecular weight is 293 g/mol. The second kappa shape index (κ2) is 6.94. The molecule has 1 atom stereocenters. The average Bonchev–Trinajstić information content (AvgIpc) is 2.38. The Morgan fingerprint density at radius 2 is 1.95 bits per heavy atom. The van der Waals surface area contributed by atoms with E-state index in [0.29, 0.717) is 13.0 Å². The van der Waals surface area contributed by atoms with E-state index in [-0.39, 0.29) is 5.97 Å². The highest BCUT2D eigenvalue weighted by Gasteiger charge is 2.40. The van der Waals surface area contributed by atoms with Gasteiger partial charge in [0.2, 0.25) is 0 Å². The first-order valence-corrected chi connectivity index (χ1v) is 7.29. The van der Waals surface area contributed by atoms with Crippen LogP contribution in [0.15, 0.2) is 24.3 Å². The van der Waals surface area contributed by atoms with Gasteiger partial charge in [0, 0.05) is 19.2 Å². The van der Waals surface area contributed by atoms with E-state index in [0.717, 1.165) is 11.3 Å². The van der Waals surface area contributed by atoms with Crippen molar-refractivity contribution in [3.8, 4) is 0 Å². The van der Waals surface area contributed by atoms with Gasteiger partial charge in [-0.05, 0) is 52.3 Å². The van der Waals surface area contributed by atoms with Gasteiger partial charge in [-0.25, -0.2) is 4.79 Å². The van der Waals surface area contributed by atoms with Crippen molar-refractivity contribution >= 4 is 11.7 Å². The first-order chi connectivity index (χ1) is 9.72. The fraction of sp³-hybridized carbons (Fsp3) is 0.588. The Morgan fingerprint density at radius 3 is 2.48 bits per heavy atom. The number of esters is 1. The Hall–Kier alpha value is -1.55. The maximum Gasteiger partial charge on any atom is 0.331 e. The van der Waals surface area contributed by atoms with Crippen molar-refractivity contribution in [1.82, 2.24) is 0 Å². The van der Waals surface area contributed by atoms with Crippen LogP contribution in [0.3, 0.4) is 0 Å². The summed E-state index contributed by atoms with van der Waals surface area (Å²) < 4.78 is 10.7. The van der Waals surface area contributed by atoms with Crippen molar-refractivity contribution in [2.45, 2.75) is 52.2 Å². The van der Waals surface area contributed by atoms with Gasteiger partial charge in [-0.3, -0.25) is 0 Å². The van der Waals surface area contributed by atoms with E-state index in [1.165, 1.54) is 0 Å². The van der Waals surface area contributed by atoms with Crippen LogP contribution in [0.2, 0.25) is 0 Å². The van der Waals surface area contributed by atoms with Crippen molar-refractivity contribution in [1.29, 1.82) is 0 Å². The normalized spacial score (nSPS) is 14.4. The molecule has 1 aromatic rings. The zero-order valence-corrected chi connectivity index (χ0v) is 13.9. The van der Waals surface area contributed by atoms with Gasteiger partial charge in [0.25, 0.3) is 0 Å². The number of hydrogen-bond acceptors (Lipinski definition) is 4. The van der Waals surface area contributed by atoms with Crippen LogP contribution < -0.4 is 5.32 Å². The summed E-state index contributed by atoms with van der Waals surface area (Å²) in [6.07, 6.45) is 0.503. The number of hydrogen-bond donors (Lipinski definition) is 1. The highest BCUT2D eigenvalue weighted by Crippen LogP contribution is 2.28. The third-order valence-corrected chi connectivity index (χ3v) is 3.50. The zero-order chi connectivity index (χ0) is 16.1. The van der Waals surface area contributed by atoms with E-state index in [1.54, 1.807) is 7.11 Å². The summed E-state index contributed by atoms with van der Waals surface area (Å²) in [4.78, 5) is 12.4. The quantitative estimate of drug-likeness (QED) is 0.781. The molecule has 1 unspecified atom stereocenters. The molecule has 0 aromatic heterocycles. The maximum atomic E-state index is 12.4. The molecule has 0 saturated carbocycles. The van der Waals surface area contributed by atoms with Crippen LogP contribution in [-0.2, 0) is 14.3 Å². The summed E-state index contributed by atoms with van der Waals surface area (Å²) in [5.41, 5.74) is 0.761. The molecule has 0 saturated heterocycles. The van der Waals surface area contributed by atoms with Crippen molar-refractivity contribution in [3.05, 3.63) is 29.8 Å². The molecule has 0 radical (unpaired) electrons. The molecule has 0 aliphatic heterocycles. The molecule has 1 rings (SSSR count). The summed E-state index contributed by atoms with van der Waals surface area (Å²) in [6.45, 7) is 9.97. The van der Waals surface area contributed by atoms with Crippen molar-refractivity contribution in [2.24, 2.45) is 0 Å². The number of nitrogens with one attached hydrogen (secondary N) is 1. The Labute approximate surface area is 127 Å². The lowest BCUT2D eigenvalue weighted by molar-refractivity contribution is -0.150. The Bertz CT molecular complexity index is 485. The number of methoxy groups -OCH3 is 1. The summed E-state index contributed by atoms with van der Waals surface area (Å²) in [6, 6.07) is 7.94. The van der Waals surface area contributed by atoms with Crippen molar-refractivity contribution < 1.29 is 14.3 Å². The van der Waals surface area contributed by atoms with Gasteiger partial charge in [-0.1, -0.05) is 12.1 Å². The molecule has 0 amide bonds.